The van der Waals surface area contributed by atoms with Crippen molar-refractivity contribution in [3.05, 3.63) is 29.8 Å². The number of amides is 1. The molecule has 0 radical (unpaired) electrons. The number of ether oxygens (including phenoxy) is 1. The molecule has 1 aromatic carbocycles. The quantitative estimate of drug-likeness (QED) is 0.803. The Kier molecular flexibility index (Phi) is 4.72. The molecule has 5 nitrogen and oxygen atoms in total. The number of hydrogen-bond acceptors (Lipinski definition) is 3. The SMILES string of the molecule is O=C(O)C1CC1C(=O)NCc1cccc(OCC(F)F)c1. The zero-order chi connectivity index (χ0) is 15.4. The lowest BCUT2D eigenvalue weighted by Gasteiger charge is -2.08. The predicted octanol–water partition coefficient (Wildman–Crippen LogP) is 1.67. The summed E-state index contributed by atoms with van der Waals surface area (Å²) in [6.45, 7) is -0.480. The number of hydrogen-bond donors (Lipinski definition) is 2. The summed E-state index contributed by atoms with van der Waals surface area (Å²) in [5.74, 6) is -2.03. The molecule has 1 fully saturated rings. The number of nitrogens with one attached hydrogen (secondary N) is 1. The van der Waals surface area contributed by atoms with Gasteiger partial charge >= 0.3 is 5.97 Å². The Morgan fingerprint density at radius 2 is 2.14 bits per heavy atom. The maximum absolute atomic E-state index is 12.0. The van der Waals surface area contributed by atoms with Gasteiger partial charge in [0.2, 0.25) is 5.91 Å². The van der Waals surface area contributed by atoms with E-state index in [1.165, 1.54) is 0 Å². The van der Waals surface area contributed by atoms with Crippen LogP contribution in [-0.2, 0) is 16.1 Å². The molecule has 2 N–H and O–H groups in total. The second-order valence-corrected chi connectivity index (χ2v) is 4.85. The van der Waals surface area contributed by atoms with Crippen LogP contribution in [-0.4, -0.2) is 30.0 Å². The zero-order valence-electron chi connectivity index (χ0n) is 11.1. The maximum atomic E-state index is 12.0. The Morgan fingerprint density at radius 1 is 1.38 bits per heavy atom. The minimum atomic E-state index is -2.55. The van der Waals surface area contributed by atoms with E-state index in [1.807, 2.05) is 0 Å². The number of carboxylic acid groups (broad SMARTS) is 1. The van der Waals surface area contributed by atoms with Crippen LogP contribution in [0.25, 0.3) is 0 Å². The van der Waals surface area contributed by atoms with Crippen LogP contribution in [0.5, 0.6) is 5.75 Å². The van der Waals surface area contributed by atoms with Crippen LogP contribution in [0.1, 0.15) is 12.0 Å². The van der Waals surface area contributed by atoms with Crippen molar-refractivity contribution in [1.29, 1.82) is 0 Å². The summed E-state index contributed by atoms with van der Waals surface area (Å²) in [5.41, 5.74) is 0.697. The average molecular weight is 299 g/mol. The summed E-state index contributed by atoms with van der Waals surface area (Å²) < 4.78 is 29.0. The fraction of sp³-hybridized carbons (Fsp3) is 0.429. The molecule has 1 amide bonds. The first-order chi connectivity index (χ1) is 9.97. The third-order valence-electron chi connectivity index (χ3n) is 3.19. The van der Waals surface area contributed by atoms with Gasteiger partial charge in [-0.25, -0.2) is 8.78 Å². The van der Waals surface area contributed by atoms with Crippen molar-refractivity contribution in [1.82, 2.24) is 5.32 Å². The summed E-state index contributed by atoms with van der Waals surface area (Å²) in [4.78, 5) is 22.4. The molecule has 2 rings (SSSR count). The summed E-state index contributed by atoms with van der Waals surface area (Å²) in [7, 11) is 0. The van der Waals surface area contributed by atoms with Gasteiger partial charge in [-0.3, -0.25) is 9.59 Å². The van der Waals surface area contributed by atoms with E-state index in [0.29, 0.717) is 17.7 Å². The van der Waals surface area contributed by atoms with Crippen LogP contribution in [0.4, 0.5) is 8.78 Å². The smallest absolute Gasteiger partial charge is 0.307 e. The molecule has 0 saturated heterocycles. The molecule has 7 heteroatoms. The number of alkyl halides is 2. The van der Waals surface area contributed by atoms with Crippen LogP contribution in [0, 0.1) is 11.8 Å². The van der Waals surface area contributed by atoms with Gasteiger partial charge in [-0.15, -0.1) is 0 Å². The van der Waals surface area contributed by atoms with Crippen LogP contribution in [0.3, 0.4) is 0 Å². The van der Waals surface area contributed by atoms with E-state index in [2.05, 4.69) is 5.32 Å². The number of benzene rings is 1. The van der Waals surface area contributed by atoms with Crippen molar-refractivity contribution < 1.29 is 28.2 Å². The molecule has 1 aromatic rings. The average Bonchev–Trinajstić information content (AvgIpc) is 3.23. The van der Waals surface area contributed by atoms with Gasteiger partial charge in [0.1, 0.15) is 12.4 Å². The number of halogens is 2. The van der Waals surface area contributed by atoms with Crippen molar-refractivity contribution in [3.8, 4) is 5.75 Å². The molecule has 21 heavy (non-hydrogen) atoms. The fourth-order valence-corrected chi connectivity index (χ4v) is 1.98. The number of rotatable bonds is 7. The third-order valence-corrected chi connectivity index (χ3v) is 3.19. The zero-order valence-corrected chi connectivity index (χ0v) is 11.1. The van der Waals surface area contributed by atoms with Crippen LogP contribution < -0.4 is 10.1 Å². The number of carboxylic acids is 1. The third kappa shape index (κ3) is 4.40. The molecule has 1 saturated carbocycles. The van der Waals surface area contributed by atoms with Gasteiger partial charge in [0.05, 0.1) is 11.8 Å². The molecule has 2 unspecified atom stereocenters. The molecule has 0 aromatic heterocycles. The van der Waals surface area contributed by atoms with Gasteiger partial charge in [-0.05, 0) is 24.1 Å². The van der Waals surface area contributed by atoms with Crippen LogP contribution in [0.2, 0.25) is 0 Å². The largest absolute Gasteiger partial charge is 0.488 e. The molecule has 1 aliphatic rings. The van der Waals surface area contributed by atoms with E-state index in [4.69, 9.17) is 9.84 Å². The maximum Gasteiger partial charge on any atom is 0.307 e. The highest BCUT2D eigenvalue weighted by atomic mass is 19.3. The van der Waals surface area contributed by atoms with Gasteiger partial charge in [0.15, 0.2) is 0 Å². The van der Waals surface area contributed by atoms with Crippen molar-refractivity contribution in [2.45, 2.75) is 19.4 Å². The highest BCUT2D eigenvalue weighted by Crippen LogP contribution is 2.38. The first-order valence-corrected chi connectivity index (χ1v) is 6.47. The Morgan fingerprint density at radius 3 is 2.76 bits per heavy atom. The molecule has 0 bridgehead atoms. The van der Waals surface area contributed by atoms with E-state index in [-0.39, 0.29) is 12.5 Å². The first kappa shape index (κ1) is 15.2. The van der Waals surface area contributed by atoms with Gasteiger partial charge < -0.3 is 15.2 Å². The first-order valence-electron chi connectivity index (χ1n) is 6.47. The summed E-state index contributed by atoms with van der Waals surface area (Å²) >= 11 is 0. The van der Waals surface area contributed by atoms with Gasteiger partial charge in [0, 0.05) is 6.54 Å². The number of carbonyl (C=O) groups is 2. The normalized spacial score (nSPS) is 20.1. The highest BCUT2D eigenvalue weighted by Gasteiger charge is 2.48. The lowest BCUT2D eigenvalue weighted by Crippen LogP contribution is -2.25. The lowest BCUT2D eigenvalue weighted by atomic mass is 10.2. The second-order valence-electron chi connectivity index (χ2n) is 4.85. The molecular formula is C14H15F2NO4. The monoisotopic (exact) mass is 299 g/mol. The Balaban J connectivity index is 1.82. The summed E-state index contributed by atoms with van der Waals surface area (Å²) in [5, 5.41) is 11.4. The van der Waals surface area contributed by atoms with E-state index in [0.717, 1.165) is 0 Å². The van der Waals surface area contributed by atoms with Crippen molar-refractivity contribution in [2.75, 3.05) is 6.61 Å². The van der Waals surface area contributed by atoms with E-state index >= 15 is 0 Å². The number of aliphatic carboxylic acids is 1. The van der Waals surface area contributed by atoms with Gasteiger partial charge in [0.25, 0.3) is 6.43 Å². The fourth-order valence-electron chi connectivity index (χ4n) is 1.98. The predicted molar refractivity (Wildman–Crippen MR) is 69.0 cm³/mol. The Hall–Kier alpha value is -2.18. The second kappa shape index (κ2) is 6.51. The number of carbonyl (C=O) groups excluding carboxylic acids is 1. The van der Waals surface area contributed by atoms with Crippen LogP contribution >= 0.6 is 0 Å². The van der Waals surface area contributed by atoms with Crippen LogP contribution in [0.15, 0.2) is 24.3 Å². The highest BCUT2D eigenvalue weighted by molar-refractivity contribution is 5.89. The van der Waals surface area contributed by atoms with Crippen molar-refractivity contribution in [3.63, 3.8) is 0 Å². The van der Waals surface area contributed by atoms with E-state index in [9.17, 15) is 18.4 Å². The van der Waals surface area contributed by atoms with E-state index in [1.54, 1.807) is 24.3 Å². The standard InChI is InChI=1S/C14H15F2NO4/c15-12(16)7-21-9-3-1-2-8(4-9)6-17-13(18)10-5-11(10)14(19)20/h1-4,10-12H,5-7H2,(H,17,18)(H,19,20). The molecular weight excluding hydrogens is 284 g/mol. The Bertz CT molecular complexity index is 535. The lowest BCUT2D eigenvalue weighted by molar-refractivity contribution is -0.140. The Labute approximate surface area is 119 Å². The topological polar surface area (TPSA) is 75.6 Å². The summed E-state index contributed by atoms with van der Waals surface area (Å²) in [6.07, 6.45) is -2.19. The van der Waals surface area contributed by atoms with Gasteiger partial charge in [-0.2, -0.15) is 0 Å². The molecule has 0 aliphatic heterocycles. The molecule has 0 spiro atoms. The minimum Gasteiger partial charge on any atom is -0.488 e. The molecule has 0 heterocycles. The molecule has 1 aliphatic carbocycles. The summed E-state index contributed by atoms with van der Waals surface area (Å²) in [6, 6.07) is 6.47. The molecule has 114 valence electrons. The van der Waals surface area contributed by atoms with Gasteiger partial charge in [-0.1, -0.05) is 12.1 Å². The van der Waals surface area contributed by atoms with Crippen molar-refractivity contribution >= 4 is 11.9 Å². The minimum absolute atomic E-state index is 0.202. The van der Waals surface area contributed by atoms with E-state index < -0.39 is 30.8 Å². The van der Waals surface area contributed by atoms with Crippen molar-refractivity contribution in [2.24, 2.45) is 11.8 Å². The molecule has 2 atom stereocenters.